The maximum Gasteiger partial charge on any atom is 0.498 e. The van der Waals surface area contributed by atoms with E-state index in [0.29, 0.717) is 6.42 Å². The Hall–Kier alpha value is -1.07. The molecule has 0 radical (unpaired) electrons. The van der Waals surface area contributed by atoms with Gasteiger partial charge in [0.15, 0.2) is 0 Å². The fourth-order valence-electron chi connectivity index (χ4n) is 2.63. The van der Waals surface area contributed by atoms with Crippen LogP contribution < -0.4 is 10.8 Å². The van der Waals surface area contributed by atoms with Crippen LogP contribution in [0.2, 0.25) is 0 Å². The quantitative estimate of drug-likeness (QED) is 0.833. The van der Waals surface area contributed by atoms with Gasteiger partial charge in [-0.25, -0.2) is 0 Å². The van der Waals surface area contributed by atoms with E-state index in [1.165, 1.54) is 0 Å². The molecule has 0 bridgehead atoms. The summed E-state index contributed by atoms with van der Waals surface area (Å²) in [5.74, 6) is 0. The van der Waals surface area contributed by atoms with E-state index < -0.39 is 7.12 Å². The van der Waals surface area contributed by atoms with Crippen LogP contribution in [0.4, 0.5) is 0 Å². The monoisotopic (exact) mass is 324 g/mol. The van der Waals surface area contributed by atoms with Crippen LogP contribution in [0.25, 0.3) is 0 Å². The van der Waals surface area contributed by atoms with Crippen molar-refractivity contribution in [3.8, 4) is 6.07 Å². The summed E-state index contributed by atoms with van der Waals surface area (Å²) in [5.41, 5.74) is -0.0427. The molecule has 2 fully saturated rings. The molecule has 2 saturated heterocycles. The molecule has 0 aliphatic carbocycles. The maximum absolute atomic E-state index is 9.02. The Morgan fingerprint density at radius 1 is 1.32 bits per heavy atom. The van der Waals surface area contributed by atoms with Crippen molar-refractivity contribution in [2.75, 3.05) is 13.1 Å². The number of hydrogen-bond donors (Lipinski definition) is 1. The van der Waals surface area contributed by atoms with E-state index in [1.807, 2.05) is 38.6 Å². The van der Waals surface area contributed by atoms with Gasteiger partial charge < -0.3 is 14.6 Å². The predicted molar refractivity (Wildman–Crippen MR) is 86.3 cm³/mol. The van der Waals surface area contributed by atoms with Gasteiger partial charge in [-0.2, -0.15) is 10.4 Å². The minimum atomic E-state index is -0.407. The number of nitriles is 1. The summed E-state index contributed by atoms with van der Waals surface area (Å²) in [6.07, 6.45) is 4.17. The molecule has 1 aromatic rings. The molecule has 3 rings (SSSR count). The van der Waals surface area contributed by atoms with Crippen molar-refractivity contribution < 1.29 is 9.31 Å². The van der Waals surface area contributed by atoms with E-state index in [2.05, 4.69) is 16.5 Å². The topological polar surface area (TPSA) is 72.1 Å². The smallest absolute Gasteiger partial charge is 0.399 e. The molecule has 120 valence electrons. The van der Waals surface area contributed by atoms with E-state index in [9.17, 15) is 0 Å². The largest absolute Gasteiger partial charge is 0.498 e. The minimum Gasteiger partial charge on any atom is -0.399 e. The Kier molecular flexibility index (Phi) is 4.35. The first-order chi connectivity index (χ1) is 9.80. The van der Waals surface area contributed by atoms with Gasteiger partial charge in [0.25, 0.3) is 0 Å². The average Bonchev–Trinajstić information content (AvgIpc) is 2.88. The third-order valence-corrected chi connectivity index (χ3v) is 4.93. The second-order valence-corrected chi connectivity index (χ2v) is 6.97. The summed E-state index contributed by atoms with van der Waals surface area (Å²) in [6.45, 7) is 9.67. The van der Waals surface area contributed by atoms with Crippen molar-refractivity contribution in [2.45, 2.75) is 50.9 Å². The van der Waals surface area contributed by atoms with Crippen LogP contribution in [0, 0.1) is 11.3 Å². The lowest BCUT2D eigenvalue weighted by molar-refractivity contribution is 0.00578. The highest BCUT2D eigenvalue weighted by Crippen LogP contribution is 2.36. The zero-order valence-corrected chi connectivity index (χ0v) is 14.2. The number of hydrogen-bond acceptors (Lipinski definition) is 5. The minimum absolute atomic E-state index is 0. The summed E-state index contributed by atoms with van der Waals surface area (Å²) in [7, 11) is -0.407. The number of nitrogens with one attached hydrogen (secondary N) is 1. The van der Waals surface area contributed by atoms with Gasteiger partial charge in [0.2, 0.25) is 0 Å². The summed E-state index contributed by atoms with van der Waals surface area (Å²) in [6, 6.07) is 2.25. The Morgan fingerprint density at radius 3 is 2.36 bits per heavy atom. The molecule has 1 N–H and O–H groups in total. The highest BCUT2D eigenvalue weighted by atomic mass is 35.5. The second kappa shape index (κ2) is 5.53. The normalized spacial score (nSPS) is 24.2. The lowest BCUT2D eigenvalue weighted by Crippen LogP contribution is -2.60. The predicted octanol–water partition coefficient (Wildman–Crippen LogP) is 0.816. The van der Waals surface area contributed by atoms with Crippen LogP contribution >= 0.6 is 12.4 Å². The fourth-order valence-corrected chi connectivity index (χ4v) is 2.63. The summed E-state index contributed by atoms with van der Waals surface area (Å²) in [5, 5.41) is 16.7. The maximum atomic E-state index is 9.02. The van der Waals surface area contributed by atoms with Crippen molar-refractivity contribution in [3.05, 3.63) is 12.4 Å². The van der Waals surface area contributed by atoms with Crippen LogP contribution in [0.15, 0.2) is 12.4 Å². The third-order valence-electron chi connectivity index (χ3n) is 4.93. The SMILES string of the molecule is CC1(C)OB(c2cnn(C3(CC#N)CNC3)c2)OC1(C)C.Cl. The Labute approximate surface area is 137 Å². The number of halogens is 1. The molecule has 6 nitrogen and oxygen atoms in total. The summed E-state index contributed by atoms with van der Waals surface area (Å²) < 4.78 is 13.9. The van der Waals surface area contributed by atoms with Gasteiger partial charge in [0.05, 0.1) is 23.7 Å². The van der Waals surface area contributed by atoms with Crippen molar-refractivity contribution >= 4 is 25.0 Å². The number of nitrogens with zero attached hydrogens (tertiary/aromatic N) is 3. The number of aromatic nitrogens is 2. The molecule has 0 aromatic carbocycles. The molecule has 8 heteroatoms. The first-order valence-corrected chi connectivity index (χ1v) is 7.28. The molecule has 0 spiro atoms. The van der Waals surface area contributed by atoms with Gasteiger partial charge in [0, 0.05) is 30.9 Å². The van der Waals surface area contributed by atoms with Crippen molar-refractivity contribution in [1.82, 2.24) is 15.1 Å². The fraction of sp³-hybridized carbons (Fsp3) is 0.714. The molecule has 22 heavy (non-hydrogen) atoms. The zero-order valence-electron chi connectivity index (χ0n) is 13.4. The van der Waals surface area contributed by atoms with Crippen LogP contribution in [-0.2, 0) is 14.8 Å². The van der Waals surface area contributed by atoms with Crippen LogP contribution in [0.5, 0.6) is 0 Å². The molecule has 3 heterocycles. The number of rotatable bonds is 3. The Bertz CT molecular complexity index is 576. The molecule has 2 aliphatic rings. The zero-order chi connectivity index (χ0) is 15.3. The van der Waals surface area contributed by atoms with Gasteiger partial charge in [-0.05, 0) is 27.7 Å². The molecular weight excluding hydrogens is 302 g/mol. The van der Waals surface area contributed by atoms with Crippen LogP contribution in [0.1, 0.15) is 34.1 Å². The lowest BCUT2D eigenvalue weighted by atomic mass is 9.81. The molecule has 0 saturated carbocycles. The summed E-state index contributed by atoms with van der Waals surface area (Å²) >= 11 is 0. The average molecular weight is 325 g/mol. The first-order valence-electron chi connectivity index (χ1n) is 7.28. The standard InChI is InChI=1S/C14H21BN4O2.ClH/c1-12(2)13(3,4)21-15(20-12)11-7-18-19(8-11)14(5-6-16)9-17-10-14;/h7-8,17H,5,9-10H2,1-4H3;1H. The summed E-state index contributed by atoms with van der Waals surface area (Å²) in [4.78, 5) is 0. The lowest BCUT2D eigenvalue weighted by Gasteiger charge is -2.41. The molecular formula is C14H22BClN4O2. The molecule has 0 atom stereocenters. The van der Waals surface area contributed by atoms with Gasteiger partial charge in [-0.3, -0.25) is 4.68 Å². The van der Waals surface area contributed by atoms with Crippen LogP contribution in [-0.4, -0.2) is 41.2 Å². The third kappa shape index (κ3) is 2.54. The highest BCUT2D eigenvalue weighted by molar-refractivity contribution is 6.62. The van der Waals surface area contributed by atoms with E-state index in [4.69, 9.17) is 14.6 Å². The first kappa shape index (κ1) is 17.3. The van der Waals surface area contributed by atoms with E-state index >= 15 is 0 Å². The molecule has 0 amide bonds. The van der Waals surface area contributed by atoms with Gasteiger partial charge in [-0.1, -0.05) is 0 Å². The highest BCUT2D eigenvalue weighted by Gasteiger charge is 2.52. The van der Waals surface area contributed by atoms with Gasteiger partial charge in [0.1, 0.15) is 5.54 Å². The second-order valence-electron chi connectivity index (χ2n) is 6.97. The molecule has 0 unspecified atom stereocenters. The van der Waals surface area contributed by atoms with Gasteiger partial charge in [-0.15, -0.1) is 12.4 Å². The van der Waals surface area contributed by atoms with E-state index in [1.54, 1.807) is 6.20 Å². The molecule has 1 aromatic heterocycles. The van der Waals surface area contributed by atoms with Crippen molar-refractivity contribution in [1.29, 1.82) is 5.26 Å². The molecule has 2 aliphatic heterocycles. The van der Waals surface area contributed by atoms with Gasteiger partial charge >= 0.3 is 7.12 Å². The Morgan fingerprint density at radius 2 is 1.91 bits per heavy atom. The van der Waals surface area contributed by atoms with Crippen molar-refractivity contribution in [2.24, 2.45) is 0 Å². The van der Waals surface area contributed by atoms with E-state index in [-0.39, 0.29) is 29.1 Å². The van der Waals surface area contributed by atoms with Crippen LogP contribution in [0.3, 0.4) is 0 Å². The Balaban J connectivity index is 0.00000176. The van der Waals surface area contributed by atoms with E-state index in [0.717, 1.165) is 18.6 Å². The van der Waals surface area contributed by atoms with Crippen molar-refractivity contribution in [3.63, 3.8) is 0 Å².